The van der Waals surface area contributed by atoms with E-state index in [2.05, 4.69) is 4.90 Å². The smallest absolute Gasteiger partial charge is 0.229 e. The maximum absolute atomic E-state index is 12.3. The minimum absolute atomic E-state index is 0.219. The molecule has 2 rings (SSSR count). The summed E-state index contributed by atoms with van der Waals surface area (Å²) in [4.78, 5) is 16.9. The highest BCUT2D eigenvalue weighted by Crippen LogP contribution is 2.26. The van der Waals surface area contributed by atoms with Crippen molar-refractivity contribution in [2.24, 2.45) is 5.41 Å². The van der Waals surface area contributed by atoms with Crippen LogP contribution in [0.5, 0.6) is 0 Å². The van der Waals surface area contributed by atoms with Gasteiger partial charge in [0.15, 0.2) is 0 Å². The van der Waals surface area contributed by atoms with Gasteiger partial charge in [-0.05, 0) is 46.2 Å². The zero-order chi connectivity index (χ0) is 13.2. The number of halogens is 1. The van der Waals surface area contributed by atoms with Crippen LogP contribution in [0.25, 0.3) is 0 Å². The summed E-state index contributed by atoms with van der Waals surface area (Å²) in [6.07, 6.45) is 5.13. The van der Waals surface area contributed by atoms with Crippen molar-refractivity contribution < 1.29 is 4.79 Å². The van der Waals surface area contributed by atoms with Crippen molar-refractivity contribution in [1.29, 1.82) is 0 Å². The van der Waals surface area contributed by atoms with Gasteiger partial charge in [-0.2, -0.15) is 0 Å². The Morgan fingerprint density at radius 3 is 2.50 bits per heavy atom. The van der Waals surface area contributed by atoms with Crippen molar-refractivity contribution >= 4 is 17.5 Å². The number of alkyl halides is 1. The van der Waals surface area contributed by atoms with Crippen molar-refractivity contribution in [3.8, 4) is 0 Å². The summed E-state index contributed by atoms with van der Waals surface area (Å²) in [5, 5.41) is 0. The zero-order valence-corrected chi connectivity index (χ0v) is 12.4. The van der Waals surface area contributed by atoms with Gasteiger partial charge in [0.1, 0.15) is 0 Å². The topological polar surface area (TPSA) is 23.6 Å². The Bertz CT molecular complexity index is 300. The molecule has 0 aliphatic carbocycles. The number of piperidine rings is 1. The first-order valence-corrected chi connectivity index (χ1v) is 7.67. The average Bonchev–Trinajstić information content (AvgIpc) is 2.88. The SMILES string of the molecule is CC(C)(CCl)C(=O)N1CCC(N2CCCCC2)C1. The molecule has 0 N–H and O–H groups in total. The monoisotopic (exact) mass is 272 g/mol. The van der Waals surface area contributed by atoms with Gasteiger partial charge in [-0.1, -0.05) is 6.42 Å². The molecular weight excluding hydrogens is 248 g/mol. The van der Waals surface area contributed by atoms with Gasteiger partial charge in [0.25, 0.3) is 0 Å². The lowest BCUT2D eigenvalue weighted by atomic mass is 9.94. The molecule has 0 saturated carbocycles. The molecule has 1 atom stereocenters. The molecule has 2 aliphatic heterocycles. The predicted octanol–water partition coefficient (Wildman–Crippen LogP) is 2.34. The standard InChI is InChI=1S/C14H25ClN2O/c1-14(2,11-15)13(18)17-9-6-12(10-17)16-7-4-3-5-8-16/h12H,3-11H2,1-2H3. The van der Waals surface area contributed by atoms with Crippen molar-refractivity contribution in [2.45, 2.75) is 45.6 Å². The second kappa shape index (κ2) is 5.79. The lowest BCUT2D eigenvalue weighted by Gasteiger charge is -2.33. The van der Waals surface area contributed by atoms with Gasteiger partial charge in [-0.25, -0.2) is 0 Å². The molecule has 3 nitrogen and oxygen atoms in total. The van der Waals surface area contributed by atoms with Gasteiger partial charge in [-0.3, -0.25) is 9.69 Å². The molecular formula is C14H25ClN2O. The van der Waals surface area contributed by atoms with Crippen LogP contribution < -0.4 is 0 Å². The fraction of sp³-hybridized carbons (Fsp3) is 0.929. The zero-order valence-electron chi connectivity index (χ0n) is 11.6. The van der Waals surface area contributed by atoms with Crippen LogP contribution in [-0.4, -0.2) is 53.8 Å². The van der Waals surface area contributed by atoms with Crippen LogP contribution in [0.15, 0.2) is 0 Å². The van der Waals surface area contributed by atoms with Gasteiger partial charge in [0, 0.05) is 25.0 Å². The van der Waals surface area contributed by atoms with Gasteiger partial charge < -0.3 is 4.90 Å². The van der Waals surface area contributed by atoms with Crippen LogP contribution in [0.3, 0.4) is 0 Å². The van der Waals surface area contributed by atoms with Crippen molar-refractivity contribution in [3.05, 3.63) is 0 Å². The van der Waals surface area contributed by atoms with Crippen LogP contribution in [-0.2, 0) is 4.79 Å². The molecule has 1 unspecified atom stereocenters. The highest BCUT2D eigenvalue weighted by atomic mass is 35.5. The first kappa shape index (κ1) is 14.1. The number of carbonyl (C=O) groups excluding carboxylic acids is 1. The van der Waals surface area contributed by atoms with Crippen molar-refractivity contribution in [1.82, 2.24) is 9.80 Å². The number of hydrogen-bond donors (Lipinski definition) is 0. The summed E-state index contributed by atoms with van der Waals surface area (Å²) in [6, 6.07) is 0.584. The molecule has 0 radical (unpaired) electrons. The third-order valence-electron chi connectivity index (χ3n) is 4.27. The second-order valence-corrected chi connectivity index (χ2v) is 6.58. The van der Waals surface area contributed by atoms with Crippen molar-refractivity contribution in [3.63, 3.8) is 0 Å². The van der Waals surface area contributed by atoms with E-state index in [0.717, 1.165) is 19.5 Å². The fourth-order valence-electron chi connectivity index (χ4n) is 2.99. The first-order valence-electron chi connectivity index (χ1n) is 7.14. The first-order chi connectivity index (χ1) is 8.54. The Hall–Kier alpha value is -0.280. The molecule has 0 aromatic carbocycles. The fourth-order valence-corrected chi connectivity index (χ4v) is 3.11. The van der Waals surface area contributed by atoms with E-state index >= 15 is 0 Å². The Morgan fingerprint density at radius 2 is 1.89 bits per heavy atom. The number of amides is 1. The molecule has 0 aromatic rings. The van der Waals surface area contributed by atoms with Crippen LogP contribution >= 0.6 is 11.6 Å². The Balaban J connectivity index is 1.89. The van der Waals surface area contributed by atoms with E-state index in [9.17, 15) is 4.79 Å². The summed E-state index contributed by atoms with van der Waals surface area (Å²) in [5.41, 5.74) is -0.418. The summed E-state index contributed by atoms with van der Waals surface area (Å²) in [6.45, 7) is 8.11. The quantitative estimate of drug-likeness (QED) is 0.737. The van der Waals surface area contributed by atoms with Gasteiger partial charge in [-0.15, -0.1) is 11.6 Å². The number of rotatable bonds is 3. The van der Waals surface area contributed by atoms with Crippen LogP contribution in [0, 0.1) is 5.41 Å². The third-order valence-corrected chi connectivity index (χ3v) is 4.94. The molecule has 104 valence electrons. The third kappa shape index (κ3) is 3.00. The van der Waals surface area contributed by atoms with E-state index in [0.29, 0.717) is 11.9 Å². The number of nitrogens with zero attached hydrogens (tertiary/aromatic N) is 2. The maximum atomic E-state index is 12.3. The summed E-state index contributed by atoms with van der Waals surface area (Å²) in [7, 11) is 0. The Kier molecular flexibility index (Phi) is 4.54. The van der Waals surface area contributed by atoms with Gasteiger partial charge in [0.05, 0.1) is 5.41 Å². The van der Waals surface area contributed by atoms with E-state index in [-0.39, 0.29) is 5.91 Å². The largest absolute Gasteiger partial charge is 0.341 e. The molecule has 2 heterocycles. The predicted molar refractivity (Wildman–Crippen MR) is 74.9 cm³/mol. The molecule has 1 amide bonds. The van der Waals surface area contributed by atoms with Crippen LogP contribution in [0.2, 0.25) is 0 Å². The highest BCUT2D eigenvalue weighted by Gasteiger charge is 2.37. The molecule has 0 aromatic heterocycles. The second-order valence-electron chi connectivity index (χ2n) is 6.31. The van der Waals surface area contributed by atoms with Crippen LogP contribution in [0.4, 0.5) is 0 Å². The lowest BCUT2D eigenvalue weighted by Crippen LogP contribution is -2.44. The molecule has 0 bridgehead atoms. The minimum Gasteiger partial charge on any atom is -0.341 e. The molecule has 2 fully saturated rings. The molecule has 2 aliphatic rings. The summed E-state index contributed by atoms with van der Waals surface area (Å²) >= 11 is 5.89. The highest BCUT2D eigenvalue weighted by molar-refractivity contribution is 6.19. The van der Waals surface area contributed by atoms with E-state index < -0.39 is 5.41 Å². The Morgan fingerprint density at radius 1 is 1.22 bits per heavy atom. The average molecular weight is 273 g/mol. The van der Waals surface area contributed by atoms with E-state index in [1.54, 1.807) is 0 Å². The van der Waals surface area contributed by atoms with E-state index in [4.69, 9.17) is 11.6 Å². The van der Waals surface area contributed by atoms with Crippen LogP contribution in [0.1, 0.15) is 39.5 Å². The molecule has 4 heteroatoms. The molecule has 2 saturated heterocycles. The van der Waals surface area contributed by atoms with Crippen molar-refractivity contribution in [2.75, 3.05) is 32.1 Å². The Labute approximate surface area is 115 Å². The number of hydrogen-bond acceptors (Lipinski definition) is 2. The summed E-state index contributed by atoms with van der Waals surface area (Å²) in [5.74, 6) is 0.619. The summed E-state index contributed by atoms with van der Waals surface area (Å²) < 4.78 is 0. The van der Waals surface area contributed by atoms with Gasteiger partial charge >= 0.3 is 0 Å². The van der Waals surface area contributed by atoms with Gasteiger partial charge in [0.2, 0.25) is 5.91 Å². The molecule has 0 spiro atoms. The molecule has 18 heavy (non-hydrogen) atoms. The lowest BCUT2D eigenvalue weighted by molar-refractivity contribution is -0.138. The van der Waals surface area contributed by atoms with E-state index in [1.807, 2.05) is 18.7 Å². The number of carbonyl (C=O) groups is 1. The number of likely N-dealkylation sites (tertiary alicyclic amines) is 2. The van der Waals surface area contributed by atoms with E-state index in [1.165, 1.54) is 32.4 Å². The maximum Gasteiger partial charge on any atom is 0.229 e. The normalized spacial score (nSPS) is 26.6. The minimum atomic E-state index is -0.418.